The van der Waals surface area contributed by atoms with E-state index in [-0.39, 0.29) is 22.4 Å². The van der Waals surface area contributed by atoms with Gasteiger partial charge in [0.25, 0.3) is 0 Å². The summed E-state index contributed by atoms with van der Waals surface area (Å²) in [6.07, 6.45) is 1.23. The Morgan fingerprint density at radius 1 is 1.08 bits per heavy atom. The smallest absolute Gasteiger partial charge is 0.243 e. The SMILES string of the molecule is Cc1cc(F)ccc1S(=O)(=O)N1CCN(C2CCS(=O)(=O)CC2)CC1. The molecule has 0 amide bonds. The molecule has 2 aliphatic heterocycles. The third-order valence-corrected chi connectivity index (χ3v) is 8.84. The topological polar surface area (TPSA) is 74.8 Å². The van der Waals surface area contributed by atoms with Gasteiger partial charge in [-0.15, -0.1) is 0 Å². The fourth-order valence-corrected chi connectivity index (χ4v) is 6.69. The molecule has 3 rings (SSSR count). The van der Waals surface area contributed by atoms with Crippen molar-refractivity contribution in [3.05, 3.63) is 29.6 Å². The molecule has 0 bridgehead atoms. The van der Waals surface area contributed by atoms with Gasteiger partial charge in [-0.2, -0.15) is 4.31 Å². The van der Waals surface area contributed by atoms with Crippen LogP contribution in [0.3, 0.4) is 0 Å². The number of nitrogens with zero attached hydrogens (tertiary/aromatic N) is 2. The minimum atomic E-state index is -3.64. The van der Waals surface area contributed by atoms with Crippen LogP contribution in [-0.4, -0.2) is 69.8 Å². The van der Waals surface area contributed by atoms with Gasteiger partial charge in [-0.1, -0.05) is 0 Å². The molecular weight excluding hydrogens is 367 g/mol. The van der Waals surface area contributed by atoms with E-state index in [1.165, 1.54) is 22.5 Å². The van der Waals surface area contributed by atoms with Crippen LogP contribution < -0.4 is 0 Å². The number of benzene rings is 1. The van der Waals surface area contributed by atoms with Gasteiger partial charge in [-0.3, -0.25) is 4.90 Å². The Hall–Kier alpha value is -1.03. The summed E-state index contributed by atoms with van der Waals surface area (Å²) in [5.41, 5.74) is 0.403. The minimum absolute atomic E-state index is 0.145. The predicted octanol–water partition coefficient (Wildman–Crippen LogP) is 1.02. The third kappa shape index (κ3) is 4.05. The molecule has 2 saturated heterocycles. The summed E-state index contributed by atoms with van der Waals surface area (Å²) in [6.45, 7) is 3.49. The van der Waals surface area contributed by atoms with Gasteiger partial charge >= 0.3 is 0 Å². The van der Waals surface area contributed by atoms with Crippen molar-refractivity contribution in [3.8, 4) is 0 Å². The molecular formula is C16H23FN2O4S2. The highest BCUT2D eigenvalue weighted by molar-refractivity contribution is 7.91. The lowest BCUT2D eigenvalue weighted by Gasteiger charge is -2.40. The van der Waals surface area contributed by atoms with Crippen molar-refractivity contribution in [3.63, 3.8) is 0 Å². The zero-order valence-corrected chi connectivity index (χ0v) is 15.8. The second-order valence-corrected chi connectivity index (χ2v) is 10.9. The molecule has 0 spiro atoms. The van der Waals surface area contributed by atoms with Gasteiger partial charge in [-0.25, -0.2) is 21.2 Å². The van der Waals surface area contributed by atoms with Crippen LogP contribution in [-0.2, 0) is 19.9 Å². The summed E-state index contributed by atoms with van der Waals surface area (Å²) in [6, 6.07) is 3.92. The first-order valence-electron chi connectivity index (χ1n) is 8.40. The fraction of sp³-hybridized carbons (Fsp3) is 0.625. The van der Waals surface area contributed by atoms with Gasteiger partial charge < -0.3 is 0 Å². The standard InChI is InChI=1S/C16H23FN2O4S2/c1-13-12-14(17)2-3-16(13)25(22,23)19-8-6-18(7-9-19)15-4-10-24(20,21)11-5-15/h2-3,12,15H,4-11H2,1H3. The Kier molecular flexibility index (Phi) is 5.21. The van der Waals surface area contributed by atoms with E-state index >= 15 is 0 Å². The molecule has 1 aromatic carbocycles. The zero-order valence-electron chi connectivity index (χ0n) is 14.2. The Balaban J connectivity index is 1.65. The van der Waals surface area contributed by atoms with Crippen LogP contribution in [0.4, 0.5) is 4.39 Å². The predicted molar refractivity (Wildman–Crippen MR) is 93.1 cm³/mol. The Labute approximate surface area is 148 Å². The van der Waals surface area contributed by atoms with Crippen molar-refractivity contribution in [1.29, 1.82) is 0 Å². The lowest BCUT2D eigenvalue weighted by molar-refractivity contribution is 0.129. The van der Waals surface area contributed by atoms with Crippen molar-refractivity contribution in [2.75, 3.05) is 37.7 Å². The number of piperazine rings is 1. The van der Waals surface area contributed by atoms with Crippen molar-refractivity contribution in [2.45, 2.75) is 30.7 Å². The molecule has 1 aromatic rings. The molecule has 6 nitrogen and oxygen atoms in total. The van der Waals surface area contributed by atoms with E-state index < -0.39 is 25.7 Å². The Morgan fingerprint density at radius 3 is 2.24 bits per heavy atom. The van der Waals surface area contributed by atoms with Crippen molar-refractivity contribution < 1.29 is 21.2 Å². The summed E-state index contributed by atoms with van der Waals surface area (Å²) in [5.74, 6) is -0.0239. The highest BCUT2D eigenvalue weighted by Gasteiger charge is 2.34. The summed E-state index contributed by atoms with van der Waals surface area (Å²) in [7, 11) is -6.53. The normalized spacial score (nSPS) is 23.6. The highest BCUT2D eigenvalue weighted by Crippen LogP contribution is 2.24. The number of aryl methyl sites for hydroxylation is 1. The van der Waals surface area contributed by atoms with Crippen LogP contribution in [0.25, 0.3) is 0 Å². The van der Waals surface area contributed by atoms with Gasteiger partial charge in [0.05, 0.1) is 16.4 Å². The number of sulfone groups is 1. The van der Waals surface area contributed by atoms with Gasteiger partial charge in [-0.05, 0) is 43.5 Å². The quantitative estimate of drug-likeness (QED) is 0.770. The monoisotopic (exact) mass is 390 g/mol. The van der Waals surface area contributed by atoms with Crippen LogP contribution in [0, 0.1) is 12.7 Å². The van der Waals surface area contributed by atoms with Crippen molar-refractivity contribution in [1.82, 2.24) is 9.21 Å². The lowest BCUT2D eigenvalue weighted by Crippen LogP contribution is -2.53. The molecule has 9 heteroatoms. The lowest BCUT2D eigenvalue weighted by atomic mass is 10.1. The maximum absolute atomic E-state index is 13.2. The van der Waals surface area contributed by atoms with E-state index in [9.17, 15) is 21.2 Å². The molecule has 25 heavy (non-hydrogen) atoms. The van der Waals surface area contributed by atoms with E-state index in [4.69, 9.17) is 0 Å². The van der Waals surface area contributed by atoms with Gasteiger partial charge in [0.2, 0.25) is 10.0 Å². The highest BCUT2D eigenvalue weighted by atomic mass is 32.2. The number of sulfonamides is 1. The second-order valence-electron chi connectivity index (χ2n) is 6.73. The molecule has 0 aliphatic carbocycles. The van der Waals surface area contributed by atoms with E-state index in [2.05, 4.69) is 4.90 Å². The van der Waals surface area contributed by atoms with Gasteiger partial charge in [0, 0.05) is 32.2 Å². The average Bonchev–Trinajstić information content (AvgIpc) is 2.54. The van der Waals surface area contributed by atoms with Crippen molar-refractivity contribution in [2.24, 2.45) is 0 Å². The summed E-state index contributed by atoms with van der Waals surface area (Å²) >= 11 is 0. The first-order chi connectivity index (χ1) is 11.7. The van der Waals surface area contributed by atoms with E-state index in [1.54, 1.807) is 6.92 Å². The fourth-order valence-electron chi connectivity index (χ4n) is 3.59. The molecule has 0 unspecified atom stereocenters. The summed E-state index contributed by atoms with van der Waals surface area (Å²) in [4.78, 5) is 2.34. The largest absolute Gasteiger partial charge is 0.298 e. The number of halogens is 1. The maximum atomic E-state index is 13.2. The molecule has 140 valence electrons. The molecule has 2 heterocycles. The second kappa shape index (κ2) is 6.94. The van der Waals surface area contributed by atoms with Crippen LogP contribution in [0.5, 0.6) is 0 Å². The average molecular weight is 391 g/mol. The molecule has 2 fully saturated rings. The van der Waals surface area contributed by atoms with E-state index in [0.29, 0.717) is 44.6 Å². The Morgan fingerprint density at radius 2 is 1.68 bits per heavy atom. The first kappa shape index (κ1) is 18.8. The molecule has 0 radical (unpaired) electrons. The molecule has 0 aromatic heterocycles. The van der Waals surface area contributed by atoms with Gasteiger partial charge in [0.15, 0.2) is 0 Å². The molecule has 0 N–H and O–H groups in total. The molecule has 0 atom stereocenters. The Bertz CT molecular complexity index is 833. The van der Waals surface area contributed by atoms with Crippen molar-refractivity contribution >= 4 is 19.9 Å². The van der Waals surface area contributed by atoms with Gasteiger partial charge in [0.1, 0.15) is 15.7 Å². The first-order valence-corrected chi connectivity index (χ1v) is 11.7. The van der Waals surface area contributed by atoms with Crippen LogP contribution in [0.1, 0.15) is 18.4 Å². The van der Waals surface area contributed by atoms with Crippen LogP contribution >= 0.6 is 0 Å². The number of hydrogen-bond donors (Lipinski definition) is 0. The zero-order chi connectivity index (χ0) is 18.2. The third-order valence-electron chi connectivity index (χ3n) is 5.07. The molecule has 0 saturated carbocycles. The minimum Gasteiger partial charge on any atom is -0.298 e. The van der Waals surface area contributed by atoms with Crippen LogP contribution in [0.2, 0.25) is 0 Å². The number of hydrogen-bond acceptors (Lipinski definition) is 5. The summed E-state index contributed by atoms with van der Waals surface area (Å²) < 4.78 is 63.3. The molecule has 2 aliphatic rings. The number of rotatable bonds is 3. The van der Waals surface area contributed by atoms with E-state index in [0.717, 1.165) is 0 Å². The van der Waals surface area contributed by atoms with Crippen LogP contribution in [0.15, 0.2) is 23.1 Å². The maximum Gasteiger partial charge on any atom is 0.243 e. The summed E-state index contributed by atoms with van der Waals surface area (Å²) in [5, 5.41) is 0. The van der Waals surface area contributed by atoms with E-state index in [1.807, 2.05) is 0 Å².